The number of hydroxylamine groups is 3. The van der Waals surface area contributed by atoms with Gasteiger partial charge in [0.1, 0.15) is 12.6 Å². The summed E-state index contributed by atoms with van der Waals surface area (Å²) in [7, 11) is 3.27. The highest BCUT2D eigenvalue weighted by atomic mass is 16.5. The van der Waals surface area contributed by atoms with Crippen LogP contribution in [-0.4, -0.2) is 31.9 Å². The molecule has 0 saturated carbocycles. The van der Waals surface area contributed by atoms with E-state index in [9.17, 15) is 5.21 Å². The first-order chi connectivity index (χ1) is 9.97. The quantitative estimate of drug-likeness (QED) is 0.599. The number of nitrogens with zero attached hydrogens (tertiary/aromatic N) is 1. The van der Waals surface area contributed by atoms with E-state index in [4.69, 9.17) is 4.74 Å². The van der Waals surface area contributed by atoms with E-state index in [-0.39, 0.29) is 10.8 Å². The number of ether oxygens (including phenoxy) is 1. The lowest BCUT2D eigenvalue weighted by Crippen LogP contribution is -2.36. The Morgan fingerprint density at radius 3 is 2.24 bits per heavy atom. The van der Waals surface area contributed by atoms with Gasteiger partial charge in [-0.2, -0.15) is 0 Å². The van der Waals surface area contributed by atoms with Crippen LogP contribution in [0.1, 0.15) is 22.8 Å². The zero-order valence-corrected chi connectivity index (χ0v) is 13.0. The molecule has 0 bridgehead atoms. The Kier molecular flexibility index (Phi) is 5.12. The van der Waals surface area contributed by atoms with E-state index in [0.717, 1.165) is 11.1 Å². The maximum Gasteiger partial charge on any atom is 0.108 e. The molecule has 112 valence electrons. The normalized spacial score (nSPS) is 13.1. The summed E-state index contributed by atoms with van der Waals surface area (Å²) in [6, 6.07) is 18.4. The van der Waals surface area contributed by atoms with Crippen molar-refractivity contribution in [1.29, 1.82) is 0 Å². The second-order valence-electron chi connectivity index (χ2n) is 5.82. The molecule has 0 saturated heterocycles. The topological polar surface area (TPSA) is 32.3 Å². The molecule has 2 aromatic carbocycles. The van der Waals surface area contributed by atoms with E-state index in [2.05, 4.69) is 31.2 Å². The van der Waals surface area contributed by atoms with Crippen molar-refractivity contribution in [2.24, 2.45) is 0 Å². The number of rotatable bonds is 6. The highest BCUT2D eigenvalue weighted by Crippen LogP contribution is 2.28. The summed E-state index contributed by atoms with van der Waals surface area (Å²) in [5, 5.41) is 11.7. The van der Waals surface area contributed by atoms with Gasteiger partial charge in [-0.1, -0.05) is 54.6 Å². The van der Waals surface area contributed by atoms with Crippen LogP contribution in [0, 0.1) is 12.1 Å². The second-order valence-corrected chi connectivity index (χ2v) is 5.82. The Hall–Kier alpha value is -1.68. The number of benzene rings is 2. The predicted molar refractivity (Wildman–Crippen MR) is 85.8 cm³/mol. The number of hydrogen-bond acceptors (Lipinski definition) is 2. The molecule has 0 spiro atoms. The fraction of sp³-hybridized carbons (Fsp3) is 0.333. The van der Waals surface area contributed by atoms with Gasteiger partial charge < -0.3 is 14.6 Å². The third kappa shape index (κ3) is 4.67. The number of likely N-dealkylation sites (N-methyl/N-ethyl adjacent to an activating group) is 1. The zero-order valence-electron chi connectivity index (χ0n) is 13.0. The summed E-state index contributed by atoms with van der Waals surface area (Å²) >= 11 is 0. The first kappa shape index (κ1) is 15.7. The van der Waals surface area contributed by atoms with Crippen LogP contribution in [0.4, 0.5) is 0 Å². The first-order valence-corrected chi connectivity index (χ1v) is 7.23. The minimum absolute atomic E-state index is 0.126. The number of aryl methyl sites for hydroxylation is 1. The first-order valence-electron chi connectivity index (χ1n) is 7.23. The molecule has 3 nitrogen and oxygen atoms in total. The van der Waals surface area contributed by atoms with Crippen LogP contribution in [0.5, 0.6) is 0 Å². The van der Waals surface area contributed by atoms with Gasteiger partial charge in [0.25, 0.3) is 0 Å². The van der Waals surface area contributed by atoms with Gasteiger partial charge >= 0.3 is 0 Å². The molecular weight excluding hydrogens is 262 g/mol. The molecule has 0 aliphatic carbocycles. The molecule has 1 atom stereocenters. The highest BCUT2D eigenvalue weighted by molar-refractivity contribution is 5.35. The summed E-state index contributed by atoms with van der Waals surface area (Å²) in [5.74, 6) is 0. The lowest BCUT2D eigenvalue weighted by molar-refractivity contribution is -0.840. The zero-order chi connectivity index (χ0) is 15.3. The molecule has 1 unspecified atom stereocenters. The van der Waals surface area contributed by atoms with Gasteiger partial charge in [0.05, 0.1) is 20.7 Å². The van der Waals surface area contributed by atoms with Gasteiger partial charge in [0.2, 0.25) is 0 Å². The van der Waals surface area contributed by atoms with Crippen molar-refractivity contribution in [2.45, 2.75) is 13.0 Å². The average molecular weight is 285 g/mol. The Morgan fingerprint density at radius 1 is 1.00 bits per heavy atom. The predicted octanol–water partition coefficient (Wildman–Crippen LogP) is 3.68. The van der Waals surface area contributed by atoms with Crippen molar-refractivity contribution in [3.63, 3.8) is 0 Å². The van der Waals surface area contributed by atoms with Gasteiger partial charge in [0, 0.05) is 0 Å². The van der Waals surface area contributed by atoms with Crippen molar-refractivity contribution in [1.82, 2.24) is 0 Å². The van der Waals surface area contributed by atoms with Crippen molar-refractivity contribution >= 4 is 0 Å². The largest absolute Gasteiger partial charge is 0.633 e. The smallest absolute Gasteiger partial charge is 0.108 e. The second kappa shape index (κ2) is 6.85. The van der Waals surface area contributed by atoms with Gasteiger partial charge in [0.15, 0.2) is 0 Å². The molecule has 2 aromatic rings. The Labute approximate surface area is 127 Å². The molecule has 0 heterocycles. The van der Waals surface area contributed by atoms with E-state index in [0.29, 0.717) is 13.2 Å². The van der Waals surface area contributed by atoms with Crippen LogP contribution in [-0.2, 0) is 4.74 Å². The maximum absolute atomic E-state index is 11.7. The average Bonchev–Trinajstić information content (AvgIpc) is 2.45. The fourth-order valence-electron chi connectivity index (χ4n) is 2.26. The van der Waals surface area contributed by atoms with E-state index >= 15 is 0 Å². The highest BCUT2D eigenvalue weighted by Gasteiger charge is 2.17. The molecule has 0 N–H and O–H groups in total. The molecule has 0 fully saturated rings. The summed E-state index contributed by atoms with van der Waals surface area (Å²) < 4.78 is 5.72. The van der Waals surface area contributed by atoms with E-state index in [1.54, 1.807) is 14.1 Å². The lowest BCUT2D eigenvalue weighted by Gasteiger charge is -2.34. The van der Waals surface area contributed by atoms with Crippen LogP contribution < -0.4 is 0 Å². The van der Waals surface area contributed by atoms with Gasteiger partial charge in [-0.05, 0) is 23.6 Å². The Bertz CT molecular complexity index is 561. The third-order valence-corrected chi connectivity index (χ3v) is 3.49. The summed E-state index contributed by atoms with van der Waals surface area (Å²) in [4.78, 5) is 0. The molecule has 21 heavy (non-hydrogen) atoms. The molecule has 0 aliphatic rings. The van der Waals surface area contributed by atoms with Gasteiger partial charge in [-0.15, -0.1) is 0 Å². The van der Waals surface area contributed by atoms with Crippen LogP contribution in [0.15, 0.2) is 54.6 Å². The summed E-state index contributed by atoms with van der Waals surface area (Å²) in [6.45, 7) is 2.96. The van der Waals surface area contributed by atoms with E-state index in [1.165, 1.54) is 5.56 Å². The fourth-order valence-corrected chi connectivity index (χ4v) is 2.26. The molecule has 0 radical (unpaired) electrons. The van der Waals surface area contributed by atoms with Crippen LogP contribution >= 0.6 is 0 Å². The van der Waals surface area contributed by atoms with Crippen molar-refractivity contribution in [3.05, 3.63) is 76.5 Å². The van der Waals surface area contributed by atoms with Crippen molar-refractivity contribution in [2.75, 3.05) is 27.2 Å². The SMILES string of the molecule is Cc1ccccc1C(OCC[N+](C)(C)[O-])c1ccccc1. The minimum Gasteiger partial charge on any atom is -0.633 e. The standard InChI is InChI=1S/C18H23NO2/c1-15-9-7-8-12-17(15)18(16-10-5-4-6-11-16)21-14-13-19(2,3)20/h4-12,18H,13-14H2,1-3H3. The lowest BCUT2D eigenvalue weighted by atomic mass is 9.97. The van der Waals surface area contributed by atoms with Gasteiger partial charge in [-0.25, -0.2) is 0 Å². The number of hydrogen-bond donors (Lipinski definition) is 0. The molecule has 3 heteroatoms. The molecule has 0 amide bonds. The van der Waals surface area contributed by atoms with E-state index in [1.807, 2.05) is 30.3 Å². The molecular formula is C18H23NO2. The Morgan fingerprint density at radius 2 is 1.62 bits per heavy atom. The number of quaternary nitrogens is 1. The molecule has 2 rings (SSSR count). The van der Waals surface area contributed by atoms with Crippen LogP contribution in [0.25, 0.3) is 0 Å². The monoisotopic (exact) mass is 285 g/mol. The van der Waals surface area contributed by atoms with Gasteiger partial charge in [-0.3, -0.25) is 0 Å². The molecule has 0 aliphatic heterocycles. The van der Waals surface area contributed by atoms with E-state index < -0.39 is 0 Å². The van der Waals surface area contributed by atoms with Crippen molar-refractivity contribution < 1.29 is 9.38 Å². The van der Waals surface area contributed by atoms with Crippen LogP contribution in [0.3, 0.4) is 0 Å². The maximum atomic E-state index is 11.7. The van der Waals surface area contributed by atoms with Crippen LogP contribution in [0.2, 0.25) is 0 Å². The summed E-state index contributed by atoms with van der Waals surface area (Å²) in [6.07, 6.45) is -0.126. The minimum atomic E-state index is -0.338. The molecule has 0 aromatic heterocycles. The summed E-state index contributed by atoms with van der Waals surface area (Å²) in [5.41, 5.74) is 3.46. The van der Waals surface area contributed by atoms with Crippen molar-refractivity contribution in [3.8, 4) is 0 Å². The third-order valence-electron chi connectivity index (χ3n) is 3.49. The Balaban J connectivity index is 2.22.